The minimum atomic E-state index is 0.748. The van der Waals surface area contributed by atoms with E-state index in [-0.39, 0.29) is 0 Å². The van der Waals surface area contributed by atoms with Gasteiger partial charge in [0.15, 0.2) is 0 Å². The second-order valence-corrected chi connectivity index (χ2v) is 5.29. The summed E-state index contributed by atoms with van der Waals surface area (Å²) >= 11 is 0. The molecule has 0 spiro atoms. The van der Waals surface area contributed by atoms with Gasteiger partial charge in [0, 0.05) is 12.1 Å². The summed E-state index contributed by atoms with van der Waals surface area (Å²) < 4.78 is 0. The van der Waals surface area contributed by atoms with E-state index in [0.29, 0.717) is 0 Å². The Morgan fingerprint density at radius 2 is 1.50 bits per heavy atom. The Labute approximate surface area is 89.7 Å². The normalized spacial score (nSPS) is 33.6. The highest BCUT2D eigenvalue weighted by atomic mass is 14.9. The fourth-order valence-corrected chi connectivity index (χ4v) is 2.94. The molecule has 0 amide bonds. The van der Waals surface area contributed by atoms with E-state index >= 15 is 0 Å². The predicted molar refractivity (Wildman–Crippen MR) is 63.5 cm³/mol. The first-order valence-corrected chi connectivity index (χ1v) is 6.41. The van der Waals surface area contributed by atoms with Crippen LogP contribution < -0.4 is 5.32 Å². The fraction of sp³-hybridized carbons (Fsp3) is 1.00. The highest BCUT2D eigenvalue weighted by molar-refractivity contribution is 4.81. The molecule has 1 fully saturated rings. The molecule has 0 saturated heterocycles. The second kappa shape index (κ2) is 5.75. The van der Waals surface area contributed by atoms with Gasteiger partial charge in [-0.15, -0.1) is 0 Å². The first kappa shape index (κ1) is 12.0. The van der Waals surface area contributed by atoms with E-state index in [1.165, 1.54) is 32.1 Å². The first-order chi connectivity index (χ1) is 6.65. The molecule has 1 nitrogen and oxygen atoms in total. The van der Waals surface area contributed by atoms with Crippen molar-refractivity contribution in [2.75, 3.05) is 0 Å². The lowest BCUT2D eigenvalue weighted by molar-refractivity contribution is 0.222. The summed E-state index contributed by atoms with van der Waals surface area (Å²) in [5.74, 6) is 1.84. The molecule has 1 aliphatic rings. The van der Waals surface area contributed by atoms with E-state index in [9.17, 15) is 0 Å². The van der Waals surface area contributed by atoms with Crippen LogP contribution >= 0.6 is 0 Å². The van der Waals surface area contributed by atoms with Gasteiger partial charge in [-0.25, -0.2) is 0 Å². The van der Waals surface area contributed by atoms with Gasteiger partial charge in [-0.05, 0) is 43.9 Å². The van der Waals surface area contributed by atoms with Crippen LogP contribution in [0.1, 0.15) is 59.8 Å². The molecule has 2 unspecified atom stereocenters. The fourth-order valence-electron chi connectivity index (χ4n) is 2.94. The summed E-state index contributed by atoms with van der Waals surface area (Å²) in [4.78, 5) is 0. The molecular weight excluding hydrogens is 170 g/mol. The van der Waals surface area contributed by atoms with Crippen molar-refractivity contribution in [3.8, 4) is 0 Å². The third-order valence-corrected chi connectivity index (χ3v) is 3.64. The Balaban J connectivity index is 2.35. The molecule has 0 aromatic heterocycles. The van der Waals surface area contributed by atoms with Gasteiger partial charge in [-0.1, -0.05) is 27.7 Å². The Bertz CT molecular complexity index is 141. The summed E-state index contributed by atoms with van der Waals surface area (Å²) in [6.07, 6.45) is 6.76. The van der Waals surface area contributed by atoms with Crippen LogP contribution in [0.25, 0.3) is 0 Å². The average Bonchev–Trinajstić information content (AvgIpc) is 2.12. The van der Waals surface area contributed by atoms with Crippen molar-refractivity contribution in [3.05, 3.63) is 0 Å². The van der Waals surface area contributed by atoms with Gasteiger partial charge in [-0.3, -0.25) is 0 Å². The molecule has 84 valence electrons. The Morgan fingerprint density at radius 1 is 1.00 bits per heavy atom. The quantitative estimate of drug-likeness (QED) is 0.726. The van der Waals surface area contributed by atoms with Crippen LogP contribution in [-0.2, 0) is 0 Å². The van der Waals surface area contributed by atoms with Crippen LogP contribution in [0.4, 0.5) is 0 Å². The van der Waals surface area contributed by atoms with Crippen molar-refractivity contribution >= 4 is 0 Å². The highest BCUT2D eigenvalue weighted by Gasteiger charge is 2.24. The molecule has 1 N–H and O–H groups in total. The Kier molecular flexibility index (Phi) is 4.94. The Hall–Kier alpha value is -0.0400. The smallest absolute Gasteiger partial charge is 0.00747 e. The maximum absolute atomic E-state index is 3.82. The van der Waals surface area contributed by atoms with Crippen LogP contribution in [0, 0.1) is 11.8 Å². The van der Waals surface area contributed by atoms with Gasteiger partial charge in [-0.2, -0.15) is 0 Å². The minimum absolute atomic E-state index is 0.748. The molecular formula is C13H27N. The number of hydrogen-bond acceptors (Lipinski definition) is 1. The van der Waals surface area contributed by atoms with Crippen molar-refractivity contribution in [1.82, 2.24) is 5.32 Å². The highest BCUT2D eigenvalue weighted by Crippen LogP contribution is 2.28. The molecule has 0 heterocycles. The van der Waals surface area contributed by atoms with Crippen LogP contribution in [0.2, 0.25) is 0 Å². The lowest BCUT2D eigenvalue weighted by Gasteiger charge is -2.34. The average molecular weight is 197 g/mol. The zero-order valence-corrected chi connectivity index (χ0v) is 10.3. The van der Waals surface area contributed by atoms with E-state index in [4.69, 9.17) is 0 Å². The van der Waals surface area contributed by atoms with Gasteiger partial charge in [0.1, 0.15) is 0 Å². The molecule has 1 heteroatoms. The lowest BCUT2D eigenvalue weighted by atomic mass is 9.80. The minimum Gasteiger partial charge on any atom is -0.311 e. The molecule has 0 radical (unpaired) electrons. The van der Waals surface area contributed by atoms with Gasteiger partial charge in [0.2, 0.25) is 0 Å². The first-order valence-electron chi connectivity index (χ1n) is 6.41. The van der Waals surface area contributed by atoms with Crippen molar-refractivity contribution in [1.29, 1.82) is 0 Å². The molecule has 0 aromatic rings. The number of hydrogen-bond donors (Lipinski definition) is 1. The summed E-state index contributed by atoms with van der Waals surface area (Å²) in [5, 5.41) is 3.82. The van der Waals surface area contributed by atoms with Crippen molar-refractivity contribution in [2.45, 2.75) is 71.9 Å². The second-order valence-electron chi connectivity index (χ2n) is 5.29. The molecule has 14 heavy (non-hydrogen) atoms. The van der Waals surface area contributed by atoms with Gasteiger partial charge in [0.25, 0.3) is 0 Å². The maximum atomic E-state index is 3.82. The van der Waals surface area contributed by atoms with Gasteiger partial charge >= 0.3 is 0 Å². The van der Waals surface area contributed by atoms with Crippen molar-refractivity contribution in [2.24, 2.45) is 11.8 Å². The maximum Gasteiger partial charge on any atom is 0.00747 e. The standard InChI is InChI=1S/C13H27N/c1-5-12(6-2)14-13-8-10(3)7-11(4)9-13/h10-14H,5-9H2,1-4H3. The molecule has 1 rings (SSSR count). The van der Waals surface area contributed by atoms with Crippen LogP contribution in [-0.4, -0.2) is 12.1 Å². The molecule has 1 aliphatic carbocycles. The van der Waals surface area contributed by atoms with E-state index < -0.39 is 0 Å². The molecule has 0 bridgehead atoms. The van der Waals surface area contributed by atoms with E-state index in [0.717, 1.165) is 23.9 Å². The van der Waals surface area contributed by atoms with Gasteiger partial charge in [0.05, 0.1) is 0 Å². The molecule has 0 aromatic carbocycles. The topological polar surface area (TPSA) is 12.0 Å². The SMILES string of the molecule is CCC(CC)NC1CC(C)CC(C)C1. The van der Waals surface area contributed by atoms with E-state index in [2.05, 4.69) is 33.0 Å². The van der Waals surface area contributed by atoms with Crippen LogP contribution in [0.15, 0.2) is 0 Å². The van der Waals surface area contributed by atoms with E-state index in [1.54, 1.807) is 0 Å². The zero-order chi connectivity index (χ0) is 10.6. The number of nitrogens with one attached hydrogen (secondary N) is 1. The molecule has 0 aliphatic heterocycles. The summed E-state index contributed by atoms with van der Waals surface area (Å²) in [6, 6.07) is 1.54. The van der Waals surface area contributed by atoms with Crippen molar-refractivity contribution in [3.63, 3.8) is 0 Å². The lowest BCUT2D eigenvalue weighted by Crippen LogP contribution is -2.42. The monoisotopic (exact) mass is 197 g/mol. The largest absolute Gasteiger partial charge is 0.311 e. The third kappa shape index (κ3) is 3.61. The zero-order valence-electron chi connectivity index (χ0n) is 10.3. The van der Waals surface area contributed by atoms with Crippen LogP contribution in [0.5, 0.6) is 0 Å². The third-order valence-electron chi connectivity index (χ3n) is 3.64. The summed E-state index contributed by atoms with van der Waals surface area (Å²) in [7, 11) is 0. The van der Waals surface area contributed by atoms with Crippen LogP contribution in [0.3, 0.4) is 0 Å². The van der Waals surface area contributed by atoms with E-state index in [1.807, 2.05) is 0 Å². The van der Waals surface area contributed by atoms with Gasteiger partial charge < -0.3 is 5.32 Å². The Morgan fingerprint density at radius 3 is 1.93 bits per heavy atom. The summed E-state index contributed by atoms with van der Waals surface area (Å²) in [5.41, 5.74) is 0. The molecule has 2 atom stereocenters. The predicted octanol–water partition coefficient (Wildman–Crippen LogP) is 3.59. The van der Waals surface area contributed by atoms with Crippen molar-refractivity contribution < 1.29 is 0 Å². The summed E-state index contributed by atoms with van der Waals surface area (Å²) in [6.45, 7) is 9.38. The molecule has 1 saturated carbocycles. The number of rotatable bonds is 4.